The second kappa shape index (κ2) is 9.57. The molecule has 3 rings (SSSR count). The fourth-order valence-electron chi connectivity index (χ4n) is 2.47. The van der Waals surface area contributed by atoms with Gasteiger partial charge in [0.05, 0.1) is 11.4 Å². The Morgan fingerprint density at radius 2 is 1.71 bits per heavy atom. The lowest BCUT2D eigenvalue weighted by Gasteiger charge is -2.07. The number of imide groups is 1. The maximum absolute atomic E-state index is 12.2. The first-order chi connectivity index (χ1) is 14.8. The largest absolute Gasteiger partial charge is 0.451 e. The number of para-hydroxylation sites is 1. The molecule has 0 aliphatic carbocycles. The fourth-order valence-corrected chi connectivity index (χ4v) is 2.47. The van der Waals surface area contributed by atoms with E-state index in [1.165, 1.54) is 16.9 Å². The molecule has 0 aliphatic rings. The van der Waals surface area contributed by atoms with Crippen LogP contribution in [0.3, 0.4) is 0 Å². The number of nitrogens with one attached hydrogen (secondary N) is 1. The lowest BCUT2D eigenvalue weighted by atomic mass is 10.2. The number of hydrogen-bond donors (Lipinski definition) is 1. The summed E-state index contributed by atoms with van der Waals surface area (Å²) in [7, 11) is 0. The lowest BCUT2D eigenvalue weighted by molar-refractivity contribution is -0.123. The van der Waals surface area contributed by atoms with Crippen molar-refractivity contribution in [2.24, 2.45) is 0 Å². The average Bonchev–Trinajstić information content (AvgIpc) is 3.14. The first-order valence-corrected chi connectivity index (χ1v) is 8.89. The highest BCUT2D eigenvalue weighted by Crippen LogP contribution is 2.15. The van der Waals surface area contributed by atoms with E-state index in [0.29, 0.717) is 11.4 Å². The maximum Gasteiger partial charge on any atom is 0.387 e. The van der Waals surface area contributed by atoms with Crippen molar-refractivity contribution in [2.75, 3.05) is 6.61 Å². The normalized spacial score (nSPS) is 10.6. The summed E-state index contributed by atoms with van der Waals surface area (Å²) in [6, 6.07) is 13.6. The molecule has 0 atom stereocenters. The molecule has 0 bridgehead atoms. The molecule has 160 valence electrons. The van der Waals surface area contributed by atoms with E-state index >= 15 is 0 Å². The number of hydrogen-bond acceptors (Lipinski definition) is 7. The van der Waals surface area contributed by atoms with Gasteiger partial charge in [-0.15, -0.1) is 5.10 Å². The summed E-state index contributed by atoms with van der Waals surface area (Å²) in [6.07, 6.45) is 0. The minimum Gasteiger partial charge on any atom is -0.451 e. The zero-order valence-corrected chi connectivity index (χ0v) is 16.1. The quantitative estimate of drug-likeness (QED) is 0.573. The molecule has 0 saturated heterocycles. The van der Waals surface area contributed by atoms with E-state index in [1.807, 2.05) is 11.4 Å². The van der Waals surface area contributed by atoms with Crippen molar-refractivity contribution in [1.82, 2.24) is 20.3 Å². The maximum atomic E-state index is 12.2. The minimum absolute atomic E-state index is 0.0305. The minimum atomic E-state index is -2.99. The second-order valence-corrected chi connectivity index (χ2v) is 6.12. The van der Waals surface area contributed by atoms with E-state index < -0.39 is 31.0 Å². The van der Waals surface area contributed by atoms with Gasteiger partial charge in [-0.3, -0.25) is 14.9 Å². The van der Waals surface area contributed by atoms with E-state index in [1.54, 1.807) is 31.2 Å². The number of aryl methyl sites for hydroxylation is 1. The molecular formula is C20H16F2N4O5. The number of alkyl halides is 2. The van der Waals surface area contributed by atoms with Crippen LogP contribution in [0.15, 0.2) is 54.6 Å². The Bertz CT molecular complexity index is 1080. The molecule has 1 N–H and O–H groups in total. The van der Waals surface area contributed by atoms with Gasteiger partial charge in [-0.25, -0.2) is 4.79 Å². The van der Waals surface area contributed by atoms with E-state index in [-0.39, 0.29) is 17.0 Å². The van der Waals surface area contributed by atoms with Gasteiger partial charge in [-0.1, -0.05) is 18.2 Å². The van der Waals surface area contributed by atoms with E-state index in [2.05, 4.69) is 14.9 Å². The van der Waals surface area contributed by atoms with E-state index in [0.717, 1.165) is 12.1 Å². The number of aromatic nitrogens is 3. The van der Waals surface area contributed by atoms with Gasteiger partial charge in [-0.2, -0.15) is 18.7 Å². The van der Waals surface area contributed by atoms with Crippen LogP contribution in [0, 0.1) is 6.92 Å². The van der Waals surface area contributed by atoms with Crippen molar-refractivity contribution >= 4 is 17.8 Å². The monoisotopic (exact) mass is 430 g/mol. The highest BCUT2D eigenvalue weighted by Gasteiger charge is 2.20. The van der Waals surface area contributed by atoms with Crippen LogP contribution in [-0.2, 0) is 9.53 Å². The topological polar surface area (TPSA) is 112 Å². The van der Waals surface area contributed by atoms with Gasteiger partial charge in [0.2, 0.25) is 0 Å². The third-order valence-corrected chi connectivity index (χ3v) is 3.89. The number of halogens is 2. The molecule has 0 fully saturated rings. The summed E-state index contributed by atoms with van der Waals surface area (Å²) < 4.78 is 33.4. The molecule has 3 aromatic rings. The molecule has 1 heterocycles. The van der Waals surface area contributed by atoms with E-state index in [9.17, 15) is 23.2 Å². The highest BCUT2D eigenvalue weighted by molar-refractivity contribution is 6.05. The average molecular weight is 430 g/mol. The molecule has 1 aromatic heterocycles. The van der Waals surface area contributed by atoms with Gasteiger partial charge >= 0.3 is 12.6 Å². The number of nitrogens with zero attached hydrogens (tertiary/aromatic N) is 3. The Hall–Kier alpha value is -4.15. The van der Waals surface area contributed by atoms with Crippen molar-refractivity contribution in [2.45, 2.75) is 13.5 Å². The fraction of sp³-hybridized carbons (Fsp3) is 0.150. The zero-order valence-electron chi connectivity index (χ0n) is 16.1. The summed E-state index contributed by atoms with van der Waals surface area (Å²) in [4.78, 5) is 37.4. The molecule has 2 amide bonds. The van der Waals surface area contributed by atoms with Crippen LogP contribution >= 0.6 is 0 Å². The van der Waals surface area contributed by atoms with Crippen molar-refractivity contribution in [3.63, 3.8) is 0 Å². The summed E-state index contributed by atoms with van der Waals surface area (Å²) in [5, 5.41) is 10.2. The van der Waals surface area contributed by atoms with Gasteiger partial charge in [0, 0.05) is 5.56 Å². The number of carbonyl (C=O) groups excluding carboxylic acids is 3. The first kappa shape index (κ1) is 21.6. The van der Waals surface area contributed by atoms with Crippen LogP contribution in [0.25, 0.3) is 5.69 Å². The molecule has 11 heteroatoms. The summed E-state index contributed by atoms with van der Waals surface area (Å²) in [5.41, 5.74) is 0.898. The number of rotatable bonds is 7. The van der Waals surface area contributed by atoms with Crippen LogP contribution in [0.5, 0.6) is 5.75 Å². The van der Waals surface area contributed by atoms with Gasteiger partial charge in [0.1, 0.15) is 5.75 Å². The van der Waals surface area contributed by atoms with Gasteiger partial charge in [0.15, 0.2) is 12.3 Å². The van der Waals surface area contributed by atoms with Crippen molar-refractivity contribution in [3.05, 3.63) is 71.5 Å². The van der Waals surface area contributed by atoms with Gasteiger partial charge in [0.25, 0.3) is 11.8 Å². The molecular weight excluding hydrogens is 414 g/mol. The molecule has 2 aromatic carbocycles. The van der Waals surface area contributed by atoms with Gasteiger partial charge < -0.3 is 9.47 Å². The smallest absolute Gasteiger partial charge is 0.387 e. The third kappa shape index (κ3) is 5.69. The Morgan fingerprint density at radius 3 is 2.35 bits per heavy atom. The molecule has 0 spiro atoms. The number of carbonyl (C=O) groups is 3. The molecule has 31 heavy (non-hydrogen) atoms. The number of benzene rings is 2. The molecule has 0 radical (unpaired) electrons. The standard InChI is InChI=1S/C20H16F2N4O5/c1-12-17(25-26(24-12)14-5-3-2-4-6-14)19(29)30-11-16(27)23-18(28)13-7-9-15(10-8-13)31-20(21)22/h2-10,20H,11H2,1H3,(H,23,27,28). The molecule has 0 unspecified atom stereocenters. The van der Waals surface area contributed by atoms with Crippen molar-refractivity contribution < 1.29 is 32.6 Å². The van der Waals surface area contributed by atoms with Crippen LogP contribution < -0.4 is 10.1 Å². The van der Waals surface area contributed by atoms with Crippen LogP contribution in [-0.4, -0.2) is 46.0 Å². The Morgan fingerprint density at radius 1 is 1.03 bits per heavy atom. The van der Waals surface area contributed by atoms with E-state index in [4.69, 9.17) is 4.74 Å². The Balaban J connectivity index is 1.54. The van der Waals surface area contributed by atoms with Crippen molar-refractivity contribution in [3.8, 4) is 11.4 Å². The SMILES string of the molecule is Cc1nn(-c2ccccc2)nc1C(=O)OCC(=O)NC(=O)c1ccc(OC(F)F)cc1. The summed E-state index contributed by atoms with van der Waals surface area (Å²) in [6.45, 7) is -2.16. The highest BCUT2D eigenvalue weighted by atomic mass is 19.3. The first-order valence-electron chi connectivity index (χ1n) is 8.89. The van der Waals surface area contributed by atoms with Crippen LogP contribution in [0.2, 0.25) is 0 Å². The number of amides is 2. The zero-order chi connectivity index (χ0) is 22.4. The Labute approximate surface area is 174 Å². The molecule has 9 nitrogen and oxygen atoms in total. The summed E-state index contributed by atoms with van der Waals surface area (Å²) in [5.74, 6) is -2.68. The second-order valence-electron chi connectivity index (χ2n) is 6.12. The Kier molecular flexibility index (Phi) is 6.65. The number of ether oxygens (including phenoxy) is 2. The summed E-state index contributed by atoms with van der Waals surface area (Å²) >= 11 is 0. The third-order valence-electron chi connectivity index (χ3n) is 3.89. The molecule has 0 saturated carbocycles. The number of esters is 1. The predicted molar refractivity (Wildman–Crippen MR) is 102 cm³/mol. The van der Waals surface area contributed by atoms with Gasteiger partial charge in [-0.05, 0) is 43.3 Å². The van der Waals surface area contributed by atoms with Crippen LogP contribution in [0.4, 0.5) is 8.78 Å². The predicted octanol–water partition coefficient (Wildman–Crippen LogP) is 2.29. The molecule has 0 aliphatic heterocycles. The van der Waals surface area contributed by atoms with Crippen LogP contribution in [0.1, 0.15) is 26.5 Å². The van der Waals surface area contributed by atoms with Crippen molar-refractivity contribution in [1.29, 1.82) is 0 Å². The lowest BCUT2D eigenvalue weighted by Crippen LogP contribution is -2.34.